The maximum Gasteiger partial charge on any atom is 0.331 e. The molecule has 0 amide bonds. The third-order valence-electron chi connectivity index (χ3n) is 6.14. The number of benzene rings is 1. The predicted octanol–water partition coefficient (Wildman–Crippen LogP) is -2.28. The molecule has 2 heterocycles. The molecule has 15 nitrogen and oxygen atoms in total. The average molecular weight is 573 g/mol. The topological polar surface area (TPSA) is 228 Å². The number of hydrogen-bond donors (Lipinski definition) is 6. The van der Waals surface area contributed by atoms with E-state index < -0.39 is 92.5 Å². The standard InChI is InChI=1S/C25H32O15/c1-12(29)35-21-17(10-27)37-24(20(34)22(21)36-13(2)30)40-25(11-28)23(19(33)16(9-26)39-25)38-18(32)8-5-14-3-6-15(31)7-4-14/h3-8,16-17,19-24,26-28,31,33-34H,9-11H2,1-2H3/b8-5+/t16-,17-,19-,20-,21-,22-,23+,24-,25+/m1/s1. The molecule has 2 saturated heterocycles. The number of carbonyl (C=O) groups excluding carboxylic acids is 3. The second kappa shape index (κ2) is 13.5. The van der Waals surface area contributed by atoms with Gasteiger partial charge < -0.3 is 59.1 Å². The third-order valence-corrected chi connectivity index (χ3v) is 6.14. The molecule has 6 N–H and O–H groups in total. The van der Waals surface area contributed by atoms with Crippen LogP contribution in [0.2, 0.25) is 0 Å². The van der Waals surface area contributed by atoms with Gasteiger partial charge in [0.25, 0.3) is 0 Å². The number of phenolic OH excluding ortho intramolecular Hbond substituents is 1. The Balaban J connectivity index is 1.87. The van der Waals surface area contributed by atoms with Gasteiger partial charge in [0, 0.05) is 19.9 Å². The van der Waals surface area contributed by atoms with E-state index in [9.17, 15) is 45.0 Å². The van der Waals surface area contributed by atoms with Crippen LogP contribution in [0, 0.1) is 0 Å². The quantitative estimate of drug-likeness (QED) is 0.0985. The molecule has 0 aromatic heterocycles. The minimum Gasteiger partial charge on any atom is -0.508 e. The van der Waals surface area contributed by atoms with Crippen LogP contribution in [-0.2, 0) is 42.8 Å². The van der Waals surface area contributed by atoms with Gasteiger partial charge >= 0.3 is 17.9 Å². The van der Waals surface area contributed by atoms with Crippen molar-refractivity contribution in [3.63, 3.8) is 0 Å². The first-order valence-electron chi connectivity index (χ1n) is 12.2. The fourth-order valence-corrected chi connectivity index (χ4v) is 4.32. The zero-order valence-electron chi connectivity index (χ0n) is 21.6. The first-order chi connectivity index (χ1) is 18.9. The SMILES string of the molecule is CC(=O)O[C@@H]1[C@@H](O)[C@@H](O[C@]2(CO)O[C@H](CO)[C@@H](O)[C@@H]2OC(=O)/C=C/c2ccc(O)cc2)O[C@H](CO)[C@H]1OC(C)=O. The summed E-state index contributed by atoms with van der Waals surface area (Å²) in [5, 5.41) is 60.8. The summed E-state index contributed by atoms with van der Waals surface area (Å²) in [6.45, 7) is -0.607. The molecule has 0 radical (unpaired) electrons. The predicted molar refractivity (Wildman–Crippen MR) is 129 cm³/mol. The molecule has 15 heteroatoms. The summed E-state index contributed by atoms with van der Waals surface area (Å²) in [6, 6.07) is 5.80. The molecule has 1 aromatic rings. The Kier molecular flexibility index (Phi) is 10.6. The first kappa shape index (κ1) is 31.4. The van der Waals surface area contributed by atoms with E-state index >= 15 is 0 Å². The van der Waals surface area contributed by atoms with Gasteiger partial charge in [-0.15, -0.1) is 0 Å². The van der Waals surface area contributed by atoms with E-state index in [0.717, 1.165) is 19.9 Å². The number of phenols is 1. The highest BCUT2D eigenvalue weighted by molar-refractivity contribution is 5.87. The molecular formula is C25H32O15. The number of aromatic hydroxyl groups is 1. The van der Waals surface area contributed by atoms with Crippen LogP contribution in [-0.4, -0.2) is 123 Å². The number of aliphatic hydroxyl groups is 5. The van der Waals surface area contributed by atoms with Gasteiger partial charge in [-0.1, -0.05) is 12.1 Å². The van der Waals surface area contributed by atoms with Crippen molar-refractivity contribution < 1.29 is 73.4 Å². The highest BCUT2D eigenvalue weighted by atomic mass is 16.8. The van der Waals surface area contributed by atoms with E-state index in [4.69, 9.17) is 28.4 Å². The van der Waals surface area contributed by atoms with Gasteiger partial charge in [-0.25, -0.2) is 4.79 Å². The molecule has 2 aliphatic rings. The summed E-state index contributed by atoms with van der Waals surface area (Å²) >= 11 is 0. The van der Waals surface area contributed by atoms with Crippen LogP contribution >= 0.6 is 0 Å². The van der Waals surface area contributed by atoms with Crippen molar-refractivity contribution in [1.29, 1.82) is 0 Å². The van der Waals surface area contributed by atoms with Crippen molar-refractivity contribution in [1.82, 2.24) is 0 Å². The Bertz CT molecular complexity index is 1060. The van der Waals surface area contributed by atoms with Gasteiger partial charge in [-0.05, 0) is 23.8 Å². The van der Waals surface area contributed by atoms with Crippen LogP contribution in [0.15, 0.2) is 30.3 Å². The van der Waals surface area contributed by atoms with Gasteiger partial charge in [0.05, 0.1) is 13.2 Å². The highest BCUT2D eigenvalue weighted by Gasteiger charge is 2.61. The molecule has 40 heavy (non-hydrogen) atoms. The molecule has 2 aliphatic heterocycles. The van der Waals surface area contributed by atoms with Crippen LogP contribution in [0.3, 0.4) is 0 Å². The minimum atomic E-state index is -2.42. The summed E-state index contributed by atoms with van der Waals surface area (Å²) in [7, 11) is 0. The van der Waals surface area contributed by atoms with E-state index in [1.807, 2.05) is 0 Å². The Morgan fingerprint density at radius 3 is 2.05 bits per heavy atom. The summed E-state index contributed by atoms with van der Waals surface area (Å²) < 4.78 is 32.3. The maximum atomic E-state index is 12.6. The van der Waals surface area contributed by atoms with E-state index in [0.29, 0.717) is 5.56 Å². The molecule has 222 valence electrons. The number of rotatable bonds is 10. The Labute approximate surface area is 228 Å². The number of ether oxygens (including phenoxy) is 6. The lowest BCUT2D eigenvalue weighted by Crippen LogP contribution is -2.64. The molecular weight excluding hydrogens is 540 g/mol. The van der Waals surface area contributed by atoms with Gasteiger partial charge in [0.1, 0.15) is 36.8 Å². The Hall–Kier alpha value is -3.15. The van der Waals surface area contributed by atoms with Crippen molar-refractivity contribution in [2.75, 3.05) is 19.8 Å². The van der Waals surface area contributed by atoms with E-state index in [-0.39, 0.29) is 5.75 Å². The molecule has 2 fully saturated rings. The fraction of sp³-hybridized carbons (Fsp3) is 0.560. The molecule has 1 aromatic carbocycles. The minimum absolute atomic E-state index is 0.0107. The van der Waals surface area contributed by atoms with Crippen molar-refractivity contribution in [3.05, 3.63) is 35.9 Å². The zero-order valence-corrected chi connectivity index (χ0v) is 21.6. The number of hydrogen-bond acceptors (Lipinski definition) is 15. The second-order valence-corrected chi connectivity index (χ2v) is 9.06. The second-order valence-electron chi connectivity index (χ2n) is 9.06. The molecule has 0 bridgehead atoms. The lowest BCUT2D eigenvalue weighted by atomic mass is 9.98. The van der Waals surface area contributed by atoms with E-state index in [1.54, 1.807) is 0 Å². The van der Waals surface area contributed by atoms with Gasteiger partial charge in [-0.3, -0.25) is 9.59 Å². The number of aliphatic hydroxyl groups excluding tert-OH is 5. The molecule has 3 rings (SSSR count). The maximum absolute atomic E-state index is 12.6. The zero-order chi connectivity index (χ0) is 29.6. The van der Waals surface area contributed by atoms with Gasteiger partial charge in [0.2, 0.25) is 5.79 Å². The van der Waals surface area contributed by atoms with Crippen molar-refractivity contribution in [2.45, 2.75) is 68.7 Å². The molecule has 9 atom stereocenters. The van der Waals surface area contributed by atoms with Crippen LogP contribution in [0.5, 0.6) is 5.75 Å². The molecule has 0 unspecified atom stereocenters. The number of carbonyl (C=O) groups is 3. The summed E-state index contributed by atoms with van der Waals surface area (Å²) in [5.41, 5.74) is 0.517. The summed E-state index contributed by atoms with van der Waals surface area (Å²) in [4.78, 5) is 35.9. The lowest BCUT2D eigenvalue weighted by molar-refractivity contribution is -0.383. The summed E-state index contributed by atoms with van der Waals surface area (Å²) in [5.74, 6) is -5.14. The normalized spacial score (nSPS) is 34.0. The van der Waals surface area contributed by atoms with Gasteiger partial charge in [0.15, 0.2) is 24.6 Å². The number of esters is 3. The molecule has 0 spiro atoms. The van der Waals surface area contributed by atoms with E-state index in [2.05, 4.69) is 0 Å². The van der Waals surface area contributed by atoms with Gasteiger partial charge in [-0.2, -0.15) is 0 Å². The Morgan fingerprint density at radius 2 is 1.50 bits per heavy atom. The largest absolute Gasteiger partial charge is 0.508 e. The van der Waals surface area contributed by atoms with Crippen LogP contribution < -0.4 is 0 Å². The lowest BCUT2D eigenvalue weighted by Gasteiger charge is -2.45. The third kappa shape index (κ3) is 7.13. The van der Waals surface area contributed by atoms with Crippen LogP contribution in [0.4, 0.5) is 0 Å². The average Bonchev–Trinajstić information content (AvgIpc) is 3.17. The van der Waals surface area contributed by atoms with Crippen LogP contribution in [0.25, 0.3) is 6.08 Å². The van der Waals surface area contributed by atoms with Crippen molar-refractivity contribution in [2.24, 2.45) is 0 Å². The van der Waals surface area contributed by atoms with Crippen molar-refractivity contribution in [3.8, 4) is 5.75 Å². The van der Waals surface area contributed by atoms with Crippen molar-refractivity contribution >= 4 is 24.0 Å². The summed E-state index contributed by atoms with van der Waals surface area (Å²) in [6.07, 6.45) is -10.8. The fourth-order valence-electron chi connectivity index (χ4n) is 4.32. The molecule has 0 saturated carbocycles. The highest BCUT2D eigenvalue weighted by Crippen LogP contribution is 2.38. The monoisotopic (exact) mass is 572 g/mol. The van der Waals surface area contributed by atoms with E-state index in [1.165, 1.54) is 30.3 Å². The smallest absolute Gasteiger partial charge is 0.331 e. The van der Waals surface area contributed by atoms with Crippen LogP contribution in [0.1, 0.15) is 19.4 Å². The Morgan fingerprint density at radius 1 is 0.900 bits per heavy atom. The molecule has 0 aliphatic carbocycles. The first-order valence-corrected chi connectivity index (χ1v) is 12.2.